The zero-order valence-corrected chi connectivity index (χ0v) is 10.4. The standard InChI is InChI=1S/C13H25NO2/c1-14-9-12-7-8-13(16-12)10-15-11-5-3-2-4-6-11/h11-14H,2-10H2,1H3. The molecule has 0 radical (unpaired) electrons. The number of rotatable bonds is 5. The predicted octanol–water partition coefficient (Wildman–Crippen LogP) is 2.10. The molecule has 94 valence electrons. The minimum Gasteiger partial charge on any atom is -0.376 e. The van der Waals surface area contributed by atoms with Gasteiger partial charge in [0.25, 0.3) is 0 Å². The molecule has 1 aliphatic carbocycles. The van der Waals surface area contributed by atoms with E-state index in [-0.39, 0.29) is 0 Å². The topological polar surface area (TPSA) is 30.5 Å². The van der Waals surface area contributed by atoms with Crippen molar-refractivity contribution < 1.29 is 9.47 Å². The van der Waals surface area contributed by atoms with Gasteiger partial charge in [0.15, 0.2) is 0 Å². The quantitative estimate of drug-likeness (QED) is 0.780. The number of hydrogen-bond donors (Lipinski definition) is 1. The summed E-state index contributed by atoms with van der Waals surface area (Å²) in [5.74, 6) is 0. The summed E-state index contributed by atoms with van der Waals surface area (Å²) < 4.78 is 11.9. The molecule has 2 rings (SSSR count). The molecule has 2 aliphatic rings. The van der Waals surface area contributed by atoms with Crippen LogP contribution in [-0.2, 0) is 9.47 Å². The summed E-state index contributed by atoms with van der Waals surface area (Å²) >= 11 is 0. The normalized spacial score (nSPS) is 32.1. The molecule has 2 unspecified atom stereocenters. The molecule has 0 aromatic heterocycles. The van der Waals surface area contributed by atoms with Crippen molar-refractivity contribution in [2.45, 2.75) is 63.3 Å². The van der Waals surface area contributed by atoms with Crippen molar-refractivity contribution in [1.29, 1.82) is 0 Å². The van der Waals surface area contributed by atoms with Gasteiger partial charge in [-0.25, -0.2) is 0 Å². The Kier molecular flexibility index (Phi) is 5.07. The summed E-state index contributed by atoms with van der Waals surface area (Å²) in [5.41, 5.74) is 0. The molecule has 0 amide bonds. The minimum atomic E-state index is 0.347. The molecule has 1 N–H and O–H groups in total. The van der Waals surface area contributed by atoms with Crippen LogP contribution in [0.5, 0.6) is 0 Å². The SMILES string of the molecule is CNCC1CCC(COC2CCCCC2)O1. The molecule has 16 heavy (non-hydrogen) atoms. The molecule has 0 spiro atoms. The monoisotopic (exact) mass is 227 g/mol. The van der Waals surface area contributed by atoms with E-state index in [1.807, 2.05) is 7.05 Å². The van der Waals surface area contributed by atoms with Crippen molar-refractivity contribution in [1.82, 2.24) is 5.32 Å². The Hall–Kier alpha value is -0.120. The molecule has 3 nitrogen and oxygen atoms in total. The summed E-state index contributed by atoms with van der Waals surface area (Å²) in [6.07, 6.45) is 10.2. The molecule has 1 aliphatic heterocycles. The third-order valence-electron chi connectivity index (χ3n) is 3.70. The van der Waals surface area contributed by atoms with E-state index in [1.165, 1.54) is 44.9 Å². The van der Waals surface area contributed by atoms with Crippen LogP contribution in [0.15, 0.2) is 0 Å². The number of likely N-dealkylation sites (N-methyl/N-ethyl adjacent to an activating group) is 1. The first-order valence-electron chi connectivity index (χ1n) is 6.80. The van der Waals surface area contributed by atoms with Gasteiger partial charge in [0.2, 0.25) is 0 Å². The molecular formula is C13H25NO2. The van der Waals surface area contributed by atoms with Gasteiger partial charge in [-0.15, -0.1) is 0 Å². The lowest BCUT2D eigenvalue weighted by atomic mass is 9.98. The molecule has 1 heterocycles. The second-order valence-electron chi connectivity index (χ2n) is 5.11. The lowest BCUT2D eigenvalue weighted by Crippen LogP contribution is -2.27. The summed E-state index contributed by atoms with van der Waals surface area (Å²) in [6, 6.07) is 0. The second-order valence-corrected chi connectivity index (χ2v) is 5.11. The van der Waals surface area contributed by atoms with E-state index < -0.39 is 0 Å². The third kappa shape index (κ3) is 3.72. The molecular weight excluding hydrogens is 202 g/mol. The summed E-state index contributed by atoms with van der Waals surface area (Å²) in [7, 11) is 1.98. The number of hydrogen-bond acceptors (Lipinski definition) is 3. The van der Waals surface area contributed by atoms with Gasteiger partial charge >= 0.3 is 0 Å². The third-order valence-corrected chi connectivity index (χ3v) is 3.70. The fourth-order valence-electron chi connectivity index (χ4n) is 2.76. The molecule has 0 aromatic carbocycles. The molecule has 1 saturated heterocycles. The van der Waals surface area contributed by atoms with Gasteiger partial charge in [0.05, 0.1) is 24.9 Å². The summed E-state index contributed by atoms with van der Waals surface area (Å²) in [4.78, 5) is 0. The summed E-state index contributed by atoms with van der Waals surface area (Å²) in [5, 5.41) is 3.17. The lowest BCUT2D eigenvalue weighted by molar-refractivity contribution is -0.0495. The Morgan fingerprint density at radius 2 is 1.81 bits per heavy atom. The Bertz CT molecular complexity index is 192. The Morgan fingerprint density at radius 1 is 1.06 bits per heavy atom. The first kappa shape index (κ1) is 12.3. The van der Waals surface area contributed by atoms with Crippen molar-refractivity contribution >= 4 is 0 Å². The molecule has 0 bridgehead atoms. The highest BCUT2D eigenvalue weighted by Crippen LogP contribution is 2.23. The van der Waals surface area contributed by atoms with Crippen LogP contribution in [0.4, 0.5) is 0 Å². The zero-order chi connectivity index (χ0) is 11.2. The highest BCUT2D eigenvalue weighted by molar-refractivity contribution is 4.75. The first-order chi connectivity index (χ1) is 7.88. The molecule has 1 saturated carbocycles. The van der Waals surface area contributed by atoms with Gasteiger partial charge in [-0.05, 0) is 32.7 Å². The molecule has 3 heteroatoms. The van der Waals surface area contributed by atoms with E-state index in [9.17, 15) is 0 Å². The average Bonchev–Trinajstić information content (AvgIpc) is 2.76. The van der Waals surface area contributed by atoms with E-state index in [0.29, 0.717) is 18.3 Å². The van der Waals surface area contributed by atoms with Crippen molar-refractivity contribution in [2.24, 2.45) is 0 Å². The van der Waals surface area contributed by atoms with E-state index in [1.54, 1.807) is 0 Å². The van der Waals surface area contributed by atoms with Gasteiger partial charge in [0, 0.05) is 6.54 Å². The Labute approximate surface area is 98.9 Å². The maximum absolute atomic E-state index is 5.95. The Morgan fingerprint density at radius 3 is 2.56 bits per heavy atom. The molecule has 2 fully saturated rings. The van der Waals surface area contributed by atoms with Gasteiger partial charge in [-0.3, -0.25) is 0 Å². The van der Waals surface area contributed by atoms with Crippen LogP contribution < -0.4 is 5.32 Å². The minimum absolute atomic E-state index is 0.347. The predicted molar refractivity (Wildman–Crippen MR) is 64.6 cm³/mol. The summed E-state index contributed by atoms with van der Waals surface area (Å²) in [6.45, 7) is 1.78. The fourth-order valence-corrected chi connectivity index (χ4v) is 2.76. The van der Waals surface area contributed by atoms with Gasteiger partial charge in [-0.2, -0.15) is 0 Å². The van der Waals surface area contributed by atoms with Crippen molar-refractivity contribution in [2.75, 3.05) is 20.2 Å². The zero-order valence-electron chi connectivity index (χ0n) is 10.4. The average molecular weight is 227 g/mol. The van der Waals surface area contributed by atoms with E-state index >= 15 is 0 Å². The lowest BCUT2D eigenvalue weighted by Gasteiger charge is -2.23. The van der Waals surface area contributed by atoms with Crippen molar-refractivity contribution in [3.63, 3.8) is 0 Å². The van der Waals surface area contributed by atoms with E-state index in [4.69, 9.17) is 9.47 Å². The van der Waals surface area contributed by atoms with Gasteiger partial charge in [-0.1, -0.05) is 19.3 Å². The van der Waals surface area contributed by atoms with Crippen LogP contribution in [0.3, 0.4) is 0 Å². The second kappa shape index (κ2) is 6.58. The maximum atomic E-state index is 5.95. The van der Waals surface area contributed by atoms with Crippen LogP contribution in [-0.4, -0.2) is 38.5 Å². The van der Waals surface area contributed by atoms with Crippen LogP contribution in [0.2, 0.25) is 0 Å². The van der Waals surface area contributed by atoms with Crippen LogP contribution in [0.1, 0.15) is 44.9 Å². The molecule has 0 aromatic rings. The van der Waals surface area contributed by atoms with Crippen LogP contribution in [0, 0.1) is 0 Å². The van der Waals surface area contributed by atoms with Crippen molar-refractivity contribution in [3.8, 4) is 0 Å². The van der Waals surface area contributed by atoms with Crippen molar-refractivity contribution in [3.05, 3.63) is 0 Å². The van der Waals surface area contributed by atoms with Gasteiger partial charge in [0.1, 0.15) is 0 Å². The molecule has 2 atom stereocenters. The smallest absolute Gasteiger partial charge is 0.0814 e. The largest absolute Gasteiger partial charge is 0.376 e. The highest BCUT2D eigenvalue weighted by Gasteiger charge is 2.25. The van der Waals surface area contributed by atoms with Crippen LogP contribution >= 0.6 is 0 Å². The number of ether oxygens (including phenoxy) is 2. The highest BCUT2D eigenvalue weighted by atomic mass is 16.5. The fraction of sp³-hybridized carbons (Fsp3) is 1.00. The maximum Gasteiger partial charge on any atom is 0.0814 e. The van der Waals surface area contributed by atoms with E-state index in [0.717, 1.165) is 13.2 Å². The number of nitrogens with one attached hydrogen (secondary N) is 1. The first-order valence-corrected chi connectivity index (χ1v) is 6.80. The Balaban J connectivity index is 1.59. The van der Waals surface area contributed by atoms with Crippen LogP contribution in [0.25, 0.3) is 0 Å². The van der Waals surface area contributed by atoms with E-state index in [2.05, 4.69) is 5.32 Å². The van der Waals surface area contributed by atoms with Gasteiger partial charge < -0.3 is 14.8 Å².